The zero-order chi connectivity index (χ0) is 16.2. The molecule has 2 aromatic carbocycles. The predicted octanol–water partition coefficient (Wildman–Crippen LogP) is 3.59. The van der Waals surface area contributed by atoms with Crippen molar-refractivity contribution in [2.24, 2.45) is 5.92 Å². The zero-order valence-electron chi connectivity index (χ0n) is 12.7. The van der Waals surface area contributed by atoms with E-state index in [1.807, 2.05) is 30.3 Å². The van der Waals surface area contributed by atoms with Crippen LogP contribution in [0.5, 0.6) is 0 Å². The lowest BCUT2D eigenvalue weighted by atomic mass is 10.0. The van der Waals surface area contributed by atoms with Crippen LogP contribution in [-0.4, -0.2) is 30.8 Å². The topological polar surface area (TPSA) is 52.6 Å². The van der Waals surface area contributed by atoms with Crippen molar-refractivity contribution in [2.75, 3.05) is 24.5 Å². The quantitative estimate of drug-likeness (QED) is 0.907. The fourth-order valence-electron chi connectivity index (χ4n) is 3.00. The van der Waals surface area contributed by atoms with Gasteiger partial charge in [0.1, 0.15) is 5.82 Å². The number of hydrogen-bond acceptors (Lipinski definition) is 2. The van der Waals surface area contributed by atoms with Crippen molar-refractivity contribution in [3.63, 3.8) is 0 Å². The van der Waals surface area contributed by atoms with E-state index < -0.39 is 6.09 Å². The normalized spacial score (nSPS) is 17.2. The Morgan fingerprint density at radius 3 is 2.70 bits per heavy atom. The van der Waals surface area contributed by atoms with Crippen LogP contribution in [0.15, 0.2) is 48.5 Å². The van der Waals surface area contributed by atoms with Gasteiger partial charge in [-0.3, -0.25) is 4.90 Å². The maximum atomic E-state index is 13.7. The van der Waals surface area contributed by atoms with Crippen molar-refractivity contribution < 1.29 is 14.3 Å². The number of rotatable bonds is 4. The average molecular weight is 314 g/mol. The smallest absolute Gasteiger partial charge is 0.411 e. The summed E-state index contributed by atoms with van der Waals surface area (Å²) in [6, 6.07) is 13.6. The molecule has 1 atom stereocenters. The third kappa shape index (κ3) is 3.51. The average Bonchev–Trinajstić information content (AvgIpc) is 3.07. The molecule has 0 radical (unpaired) electrons. The minimum absolute atomic E-state index is 0.278. The third-order valence-electron chi connectivity index (χ3n) is 4.17. The summed E-state index contributed by atoms with van der Waals surface area (Å²) in [7, 11) is 0. The number of nitrogens with zero attached hydrogens (tertiary/aromatic N) is 1. The molecule has 0 aliphatic carbocycles. The molecule has 4 nitrogen and oxygen atoms in total. The van der Waals surface area contributed by atoms with Crippen LogP contribution in [0.25, 0.3) is 11.1 Å². The fraction of sp³-hybridized carbons (Fsp3) is 0.278. The van der Waals surface area contributed by atoms with E-state index in [-0.39, 0.29) is 11.7 Å². The number of nitrogens with one attached hydrogen (secondary N) is 1. The molecule has 3 rings (SSSR count). The largest absolute Gasteiger partial charge is 0.465 e. The second-order valence-corrected chi connectivity index (χ2v) is 5.78. The van der Waals surface area contributed by atoms with Gasteiger partial charge in [-0.1, -0.05) is 30.3 Å². The van der Waals surface area contributed by atoms with Crippen LogP contribution in [0.3, 0.4) is 0 Å². The summed E-state index contributed by atoms with van der Waals surface area (Å²) in [6.07, 6.45) is -0.0632. The predicted molar refractivity (Wildman–Crippen MR) is 88.2 cm³/mol. The lowest BCUT2D eigenvalue weighted by Gasteiger charge is -2.25. The highest BCUT2D eigenvalue weighted by Crippen LogP contribution is 2.32. The monoisotopic (exact) mass is 314 g/mol. The number of amides is 1. The standard InChI is InChI=1S/C18H19FN2O2/c19-15-6-7-17(16(10-15)14-4-2-1-3-5-14)21(18(22)23)12-13-8-9-20-11-13/h1-7,10,13,20H,8-9,11-12H2,(H,22,23). The summed E-state index contributed by atoms with van der Waals surface area (Å²) >= 11 is 0. The first-order valence-electron chi connectivity index (χ1n) is 7.71. The van der Waals surface area contributed by atoms with Gasteiger partial charge in [0, 0.05) is 12.1 Å². The third-order valence-corrected chi connectivity index (χ3v) is 4.17. The van der Waals surface area contributed by atoms with Crippen LogP contribution in [0.2, 0.25) is 0 Å². The molecule has 120 valence electrons. The Labute approximate surface area is 134 Å². The molecule has 2 N–H and O–H groups in total. The SMILES string of the molecule is O=C(O)N(CC1CCNC1)c1ccc(F)cc1-c1ccccc1. The van der Waals surface area contributed by atoms with E-state index in [2.05, 4.69) is 5.32 Å². The lowest BCUT2D eigenvalue weighted by Crippen LogP contribution is -2.35. The van der Waals surface area contributed by atoms with Crippen LogP contribution in [0.4, 0.5) is 14.9 Å². The van der Waals surface area contributed by atoms with Crippen LogP contribution in [0.1, 0.15) is 6.42 Å². The fourth-order valence-corrected chi connectivity index (χ4v) is 3.00. The molecule has 1 aliphatic rings. The van der Waals surface area contributed by atoms with E-state index in [0.29, 0.717) is 17.8 Å². The van der Waals surface area contributed by atoms with Gasteiger partial charge in [-0.15, -0.1) is 0 Å². The Hall–Kier alpha value is -2.40. The highest BCUT2D eigenvalue weighted by molar-refractivity contribution is 5.92. The van der Waals surface area contributed by atoms with Crippen LogP contribution in [-0.2, 0) is 0 Å². The minimum atomic E-state index is -1.01. The molecule has 1 heterocycles. The molecule has 0 aromatic heterocycles. The summed E-state index contributed by atoms with van der Waals surface area (Å²) in [6.45, 7) is 2.13. The maximum Gasteiger partial charge on any atom is 0.411 e. The van der Waals surface area contributed by atoms with Crippen molar-refractivity contribution in [1.82, 2.24) is 5.32 Å². The van der Waals surface area contributed by atoms with Crippen molar-refractivity contribution in [2.45, 2.75) is 6.42 Å². The molecule has 0 spiro atoms. The molecular formula is C18H19FN2O2. The van der Waals surface area contributed by atoms with E-state index >= 15 is 0 Å². The van der Waals surface area contributed by atoms with Gasteiger partial charge in [0.2, 0.25) is 0 Å². The van der Waals surface area contributed by atoms with Gasteiger partial charge in [0.25, 0.3) is 0 Å². The van der Waals surface area contributed by atoms with E-state index in [9.17, 15) is 14.3 Å². The van der Waals surface area contributed by atoms with Gasteiger partial charge in [0.05, 0.1) is 5.69 Å². The molecule has 1 fully saturated rings. The molecule has 1 aliphatic heterocycles. The highest BCUT2D eigenvalue weighted by atomic mass is 19.1. The minimum Gasteiger partial charge on any atom is -0.465 e. The number of carbonyl (C=O) groups is 1. The Morgan fingerprint density at radius 2 is 2.04 bits per heavy atom. The Bertz CT molecular complexity index is 685. The van der Waals surface area contributed by atoms with Crippen molar-refractivity contribution in [1.29, 1.82) is 0 Å². The van der Waals surface area contributed by atoms with Crippen molar-refractivity contribution in [3.05, 3.63) is 54.3 Å². The lowest BCUT2D eigenvalue weighted by molar-refractivity contribution is 0.200. The molecule has 23 heavy (non-hydrogen) atoms. The highest BCUT2D eigenvalue weighted by Gasteiger charge is 2.24. The summed E-state index contributed by atoms with van der Waals surface area (Å²) in [5.41, 5.74) is 1.92. The van der Waals surface area contributed by atoms with Gasteiger partial charge in [0.15, 0.2) is 0 Å². The first kappa shape index (κ1) is 15.5. The van der Waals surface area contributed by atoms with Crippen LogP contribution < -0.4 is 10.2 Å². The molecular weight excluding hydrogens is 295 g/mol. The van der Waals surface area contributed by atoms with E-state index in [0.717, 1.165) is 25.1 Å². The molecule has 5 heteroatoms. The van der Waals surface area contributed by atoms with Gasteiger partial charge >= 0.3 is 6.09 Å². The first-order chi connectivity index (χ1) is 11.1. The summed E-state index contributed by atoms with van der Waals surface area (Å²) < 4.78 is 13.7. The Kier molecular flexibility index (Phi) is 4.57. The second kappa shape index (κ2) is 6.79. The van der Waals surface area contributed by atoms with Gasteiger partial charge < -0.3 is 10.4 Å². The second-order valence-electron chi connectivity index (χ2n) is 5.78. The zero-order valence-corrected chi connectivity index (χ0v) is 12.7. The molecule has 1 unspecified atom stereocenters. The summed E-state index contributed by atoms with van der Waals surface area (Å²) in [4.78, 5) is 13.1. The number of benzene rings is 2. The van der Waals surface area contributed by atoms with Gasteiger partial charge in [-0.05, 0) is 49.2 Å². The van der Waals surface area contributed by atoms with Crippen LogP contribution >= 0.6 is 0 Å². The van der Waals surface area contributed by atoms with Crippen molar-refractivity contribution >= 4 is 11.8 Å². The maximum absolute atomic E-state index is 13.7. The van der Waals surface area contributed by atoms with E-state index in [1.165, 1.54) is 17.0 Å². The Morgan fingerprint density at radius 1 is 1.26 bits per heavy atom. The molecule has 1 saturated heterocycles. The summed E-state index contributed by atoms with van der Waals surface area (Å²) in [5.74, 6) is -0.0970. The molecule has 1 amide bonds. The van der Waals surface area contributed by atoms with E-state index in [4.69, 9.17) is 0 Å². The first-order valence-corrected chi connectivity index (χ1v) is 7.71. The summed E-state index contributed by atoms with van der Waals surface area (Å²) in [5, 5.41) is 12.9. The van der Waals surface area contributed by atoms with E-state index in [1.54, 1.807) is 6.07 Å². The van der Waals surface area contributed by atoms with Gasteiger partial charge in [-0.25, -0.2) is 9.18 Å². The molecule has 0 saturated carbocycles. The molecule has 0 bridgehead atoms. The van der Waals surface area contributed by atoms with Crippen LogP contribution in [0, 0.1) is 11.7 Å². The van der Waals surface area contributed by atoms with Crippen molar-refractivity contribution in [3.8, 4) is 11.1 Å². The molecule has 2 aromatic rings. The number of anilines is 1. The number of halogens is 1. The number of hydrogen-bond donors (Lipinski definition) is 2. The van der Waals surface area contributed by atoms with Gasteiger partial charge in [-0.2, -0.15) is 0 Å². The number of carboxylic acid groups (broad SMARTS) is 1. The Balaban J connectivity index is 2.00.